The van der Waals surface area contributed by atoms with Gasteiger partial charge in [0.25, 0.3) is 11.5 Å². The van der Waals surface area contributed by atoms with Gasteiger partial charge in [-0.2, -0.15) is 0 Å². The molecule has 1 aliphatic heterocycles. The van der Waals surface area contributed by atoms with Crippen molar-refractivity contribution in [2.75, 3.05) is 24.6 Å². The van der Waals surface area contributed by atoms with Gasteiger partial charge < -0.3 is 20.0 Å². The lowest BCUT2D eigenvalue weighted by atomic mass is 9.82. The van der Waals surface area contributed by atoms with E-state index in [9.17, 15) is 24.6 Å². The van der Waals surface area contributed by atoms with Crippen LogP contribution in [-0.2, 0) is 21.7 Å². The number of benzene rings is 3. The Balaban J connectivity index is 1.43. The molecule has 9 nitrogen and oxygen atoms in total. The topological polar surface area (TPSA) is 119 Å². The summed E-state index contributed by atoms with van der Waals surface area (Å²) in [6, 6.07) is 21.8. The third-order valence-electron chi connectivity index (χ3n) is 7.73. The zero-order chi connectivity index (χ0) is 29.9. The SMILES string of the molecule is C=CCN1C(=O)[C@](O)([C@H](C)/C=C/CC(=O)N(CCO)Cc2ccccc2)c2cc(-n3[nH]c4ccccc4c3=O)ccc21. The van der Waals surface area contributed by atoms with Crippen LogP contribution >= 0.6 is 0 Å². The minimum atomic E-state index is -1.93. The number of rotatable bonds is 11. The molecule has 0 spiro atoms. The first-order valence-electron chi connectivity index (χ1n) is 13.9. The van der Waals surface area contributed by atoms with Gasteiger partial charge in [0.05, 0.1) is 28.9 Å². The van der Waals surface area contributed by atoms with Gasteiger partial charge in [0.2, 0.25) is 5.91 Å². The maximum atomic E-state index is 13.7. The lowest BCUT2D eigenvalue weighted by molar-refractivity contribution is -0.139. The van der Waals surface area contributed by atoms with Crippen LogP contribution in [0.5, 0.6) is 0 Å². The Bertz CT molecular complexity index is 1710. The van der Waals surface area contributed by atoms with E-state index in [-0.39, 0.29) is 37.6 Å². The summed E-state index contributed by atoms with van der Waals surface area (Å²) in [5.41, 5.74) is 0.829. The van der Waals surface area contributed by atoms with Crippen molar-refractivity contribution in [3.05, 3.63) is 119 Å². The molecule has 2 amide bonds. The second-order valence-electron chi connectivity index (χ2n) is 10.4. The van der Waals surface area contributed by atoms with E-state index >= 15 is 0 Å². The molecule has 0 radical (unpaired) electrons. The number of para-hydroxylation sites is 1. The van der Waals surface area contributed by atoms with Gasteiger partial charge >= 0.3 is 0 Å². The lowest BCUT2D eigenvalue weighted by Gasteiger charge is -2.27. The number of nitrogens with zero attached hydrogens (tertiary/aromatic N) is 3. The summed E-state index contributed by atoms with van der Waals surface area (Å²) in [7, 11) is 0. The highest BCUT2D eigenvalue weighted by molar-refractivity contribution is 6.07. The number of nitrogens with one attached hydrogen (secondary N) is 1. The fraction of sp³-hybridized carbons (Fsp3) is 0.242. The van der Waals surface area contributed by atoms with Gasteiger partial charge in [-0.05, 0) is 35.9 Å². The molecule has 0 unspecified atom stereocenters. The van der Waals surface area contributed by atoms with E-state index < -0.39 is 17.4 Å². The zero-order valence-electron chi connectivity index (χ0n) is 23.4. The largest absolute Gasteiger partial charge is 0.395 e. The molecule has 42 heavy (non-hydrogen) atoms. The predicted octanol–water partition coefficient (Wildman–Crippen LogP) is 3.64. The fourth-order valence-electron chi connectivity index (χ4n) is 5.48. The van der Waals surface area contributed by atoms with Crippen LogP contribution in [-0.4, -0.2) is 56.4 Å². The summed E-state index contributed by atoms with van der Waals surface area (Å²) < 4.78 is 1.40. The monoisotopic (exact) mass is 566 g/mol. The quantitative estimate of drug-likeness (QED) is 0.240. The van der Waals surface area contributed by atoms with Crippen LogP contribution in [0, 0.1) is 5.92 Å². The van der Waals surface area contributed by atoms with Crippen molar-refractivity contribution in [2.45, 2.75) is 25.5 Å². The summed E-state index contributed by atoms with van der Waals surface area (Å²) in [6.45, 7) is 6.07. The second kappa shape index (κ2) is 12.0. The molecule has 1 aliphatic rings. The van der Waals surface area contributed by atoms with Crippen molar-refractivity contribution in [3.63, 3.8) is 0 Å². The van der Waals surface area contributed by atoms with Crippen LogP contribution < -0.4 is 10.5 Å². The van der Waals surface area contributed by atoms with Gasteiger partial charge in [-0.15, -0.1) is 6.58 Å². The smallest absolute Gasteiger partial charge is 0.279 e. The van der Waals surface area contributed by atoms with E-state index in [2.05, 4.69) is 11.7 Å². The maximum absolute atomic E-state index is 13.7. The maximum Gasteiger partial charge on any atom is 0.279 e. The molecule has 5 rings (SSSR count). The molecule has 1 aromatic heterocycles. The van der Waals surface area contributed by atoms with Crippen LogP contribution in [0.2, 0.25) is 0 Å². The van der Waals surface area contributed by atoms with E-state index in [0.717, 1.165) is 5.56 Å². The lowest BCUT2D eigenvalue weighted by Crippen LogP contribution is -2.44. The Hall–Kier alpha value is -4.73. The van der Waals surface area contributed by atoms with E-state index in [1.165, 1.54) is 9.58 Å². The number of hydrogen-bond acceptors (Lipinski definition) is 5. The highest BCUT2D eigenvalue weighted by atomic mass is 16.3. The number of aliphatic hydroxyl groups excluding tert-OH is 1. The van der Waals surface area contributed by atoms with Gasteiger partial charge in [-0.1, -0.05) is 67.6 Å². The number of H-pyrrole nitrogens is 1. The Morgan fingerprint density at radius 3 is 2.55 bits per heavy atom. The minimum absolute atomic E-state index is 0.0369. The van der Waals surface area contributed by atoms with Gasteiger partial charge in [0.1, 0.15) is 0 Å². The van der Waals surface area contributed by atoms with Crippen LogP contribution in [0.15, 0.2) is 102 Å². The van der Waals surface area contributed by atoms with Crippen molar-refractivity contribution in [1.82, 2.24) is 14.7 Å². The molecular formula is C33H34N4O5. The van der Waals surface area contributed by atoms with E-state index in [1.807, 2.05) is 42.5 Å². The van der Waals surface area contributed by atoms with Crippen LogP contribution in [0.25, 0.3) is 16.6 Å². The van der Waals surface area contributed by atoms with Crippen molar-refractivity contribution < 1.29 is 19.8 Å². The third kappa shape index (κ3) is 5.20. The molecule has 2 heterocycles. The third-order valence-corrected chi connectivity index (χ3v) is 7.73. The van der Waals surface area contributed by atoms with E-state index in [0.29, 0.717) is 34.4 Å². The molecule has 0 aliphatic carbocycles. The summed E-state index contributed by atoms with van der Waals surface area (Å²) in [5, 5.41) is 25.1. The Kier molecular flexibility index (Phi) is 8.24. The molecule has 4 aromatic rings. The molecule has 3 aromatic carbocycles. The standard InChI is InChI=1S/C33H34N4O5/c1-3-18-36-29-17-16-25(37-31(40)26-13-7-8-14-28(26)34-37)21-27(29)33(42,32(36)41)23(2)10-9-15-30(39)35(19-20-38)22-24-11-5-4-6-12-24/h3-14,16-17,21,23,34,38,42H,1,15,18-20,22H2,2H3/b10-9+/t23-,33+/m1/s1. The number of fused-ring (bicyclic) bond motifs is 2. The average molecular weight is 567 g/mol. The highest BCUT2D eigenvalue weighted by Crippen LogP contribution is 2.46. The van der Waals surface area contributed by atoms with Gasteiger partial charge in [-0.3, -0.25) is 19.5 Å². The summed E-state index contributed by atoms with van der Waals surface area (Å²) in [4.78, 5) is 42.8. The number of amides is 2. The fourth-order valence-corrected chi connectivity index (χ4v) is 5.48. The number of aromatic nitrogens is 2. The first-order valence-corrected chi connectivity index (χ1v) is 13.9. The normalized spacial score (nSPS) is 17.1. The first kappa shape index (κ1) is 28.8. The Labute approximate surface area is 243 Å². The molecule has 0 bridgehead atoms. The highest BCUT2D eigenvalue weighted by Gasteiger charge is 2.52. The van der Waals surface area contributed by atoms with Crippen LogP contribution in [0.4, 0.5) is 5.69 Å². The molecular weight excluding hydrogens is 532 g/mol. The summed E-state index contributed by atoms with van der Waals surface area (Å²) in [6.07, 6.45) is 4.94. The van der Waals surface area contributed by atoms with E-state index in [1.54, 1.807) is 60.4 Å². The summed E-state index contributed by atoms with van der Waals surface area (Å²) in [5.74, 6) is -1.40. The van der Waals surface area contributed by atoms with Crippen molar-refractivity contribution in [2.24, 2.45) is 5.92 Å². The van der Waals surface area contributed by atoms with E-state index in [4.69, 9.17) is 0 Å². The number of aromatic amines is 1. The van der Waals surface area contributed by atoms with Crippen molar-refractivity contribution in [3.8, 4) is 5.69 Å². The molecule has 3 N–H and O–H groups in total. The molecule has 0 fully saturated rings. The zero-order valence-corrected chi connectivity index (χ0v) is 23.4. The van der Waals surface area contributed by atoms with Gasteiger partial charge in [-0.25, -0.2) is 4.68 Å². The Morgan fingerprint density at radius 2 is 1.83 bits per heavy atom. The average Bonchev–Trinajstić information content (AvgIpc) is 3.45. The minimum Gasteiger partial charge on any atom is -0.395 e. The Morgan fingerprint density at radius 1 is 1.10 bits per heavy atom. The molecule has 0 saturated carbocycles. The summed E-state index contributed by atoms with van der Waals surface area (Å²) >= 11 is 0. The predicted molar refractivity (Wildman–Crippen MR) is 162 cm³/mol. The number of anilines is 1. The van der Waals surface area contributed by atoms with Crippen molar-refractivity contribution in [1.29, 1.82) is 0 Å². The van der Waals surface area contributed by atoms with Gasteiger partial charge in [0.15, 0.2) is 5.60 Å². The molecule has 9 heteroatoms. The number of aliphatic hydroxyl groups is 2. The van der Waals surface area contributed by atoms with Crippen molar-refractivity contribution >= 4 is 28.4 Å². The number of carbonyl (C=O) groups excluding carboxylic acids is 2. The van der Waals surface area contributed by atoms with Crippen LogP contribution in [0.1, 0.15) is 24.5 Å². The number of hydrogen-bond donors (Lipinski definition) is 3. The first-order chi connectivity index (χ1) is 20.3. The second-order valence-corrected chi connectivity index (χ2v) is 10.4. The molecule has 216 valence electrons. The molecule has 0 saturated heterocycles. The number of carbonyl (C=O) groups is 2. The molecule has 2 atom stereocenters. The van der Waals surface area contributed by atoms with Crippen LogP contribution in [0.3, 0.4) is 0 Å². The van der Waals surface area contributed by atoms with Gasteiger partial charge in [0, 0.05) is 37.5 Å².